The number of benzene rings is 12. The zero-order valence-electron chi connectivity index (χ0n) is 85.7. The van der Waals surface area contributed by atoms with Gasteiger partial charge in [-0.15, -0.1) is 18.3 Å². The van der Waals surface area contributed by atoms with Crippen LogP contribution >= 0.6 is 0 Å². The number of rotatable bonds is 43. The second kappa shape index (κ2) is 46.4. The molecule has 20 rings (SSSR count). The van der Waals surface area contributed by atoms with Gasteiger partial charge in [-0.25, -0.2) is 19.9 Å². The number of aryl methyl sites for hydroxylation is 8. The molecule has 0 spiro atoms. The number of nitrogen functional groups attached to an aromatic ring is 4. The van der Waals surface area contributed by atoms with Crippen LogP contribution in [0.4, 0.5) is 45.5 Å². The van der Waals surface area contributed by atoms with E-state index >= 15 is 19.2 Å². The van der Waals surface area contributed by atoms with E-state index in [1.54, 1.807) is 0 Å². The van der Waals surface area contributed by atoms with E-state index in [0.29, 0.717) is 83.6 Å². The predicted molar refractivity (Wildman–Crippen MR) is 580 cm³/mol. The molecule has 12 aromatic carbocycles. The monoisotopic (exact) mass is 2030 g/mol. The fraction of sp³-hybridized carbons (Fsp3) is 0.372. The van der Waals surface area contributed by atoms with E-state index in [1.165, 1.54) is 0 Å². The van der Waals surface area contributed by atoms with Crippen molar-refractivity contribution in [3.63, 3.8) is 0 Å². The second-order valence-electron chi connectivity index (χ2n) is 41.9. The summed E-state index contributed by atoms with van der Waals surface area (Å²) in [5, 5.41) is 18.6. The van der Waals surface area contributed by atoms with E-state index < -0.39 is 21.7 Å². The average Bonchev–Trinajstić information content (AvgIpc) is 0.667. The van der Waals surface area contributed by atoms with Crippen molar-refractivity contribution in [2.24, 2.45) is 21.7 Å². The normalized spacial score (nSPS) is 16.6. The number of unbranched alkanes of at least 4 members (excludes halogenated alkanes) is 15. The van der Waals surface area contributed by atoms with Crippen molar-refractivity contribution >= 4 is 157 Å². The maximum Gasteiger partial charge on any atom is 0.239 e. The van der Waals surface area contributed by atoms with Gasteiger partial charge in [-0.05, 0) is 238 Å². The summed E-state index contributed by atoms with van der Waals surface area (Å²) < 4.78 is 9.03. The topological polar surface area (TPSA) is 300 Å². The molecule has 4 saturated carbocycles. The summed E-state index contributed by atoms with van der Waals surface area (Å²) in [6.07, 6.45) is 20.2. The summed E-state index contributed by atoms with van der Waals surface area (Å²) in [6.45, 7) is 20.2. The highest BCUT2D eigenvalue weighted by atomic mass is 35.5. The molecule has 4 heterocycles. The Morgan fingerprint density at radius 1 is 0.247 bits per heavy atom. The van der Waals surface area contributed by atoms with Crippen LogP contribution in [-0.4, -0.2) is 75.9 Å². The number of nitrogens with two attached hydrogens (primary N) is 4. The number of hydrogen-bond acceptors (Lipinski definition) is 16. The molecular formula is C121H139Cl4N17O4. The number of carbonyl (C=O) groups is 4. The van der Waals surface area contributed by atoms with Gasteiger partial charge < -0.3 is 99.1 Å². The van der Waals surface area contributed by atoms with E-state index in [1.807, 2.05) is 76.2 Å². The number of amides is 1. The fourth-order valence-corrected chi connectivity index (χ4v) is 24.2. The van der Waals surface area contributed by atoms with E-state index in [4.69, 9.17) is 42.9 Å². The Morgan fingerprint density at radius 2 is 0.438 bits per heavy atom. The Kier molecular flexibility index (Phi) is 34.1. The highest BCUT2D eigenvalue weighted by Crippen LogP contribution is 2.75. The van der Waals surface area contributed by atoms with Crippen molar-refractivity contribution in [1.82, 2.24) is 25.3 Å². The minimum absolute atomic E-state index is 0. The number of nitrogens with zero attached hydrogens (tertiary/aromatic N) is 8. The Labute approximate surface area is 882 Å². The van der Waals surface area contributed by atoms with Gasteiger partial charge in [0.1, 0.15) is 61.5 Å². The number of ketones is 3. The third-order valence-electron chi connectivity index (χ3n) is 31.4. The molecule has 1 amide bonds. The van der Waals surface area contributed by atoms with Crippen LogP contribution in [0, 0.1) is 77.0 Å². The third kappa shape index (κ3) is 22.3. The van der Waals surface area contributed by atoms with Crippen LogP contribution in [0.1, 0.15) is 224 Å². The van der Waals surface area contributed by atoms with Gasteiger partial charge in [-0.2, -0.15) is 0 Å². The molecule has 4 aromatic heterocycles. The molecule has 21 nitrogen and oxygen atoms in total. The molecule has 25 heteroatoms. The van der Waals surface area contributed by atoms with E-state index in [2.05, 4.69) is 242 Å². The zero-order chi connectivity index (χ0) is 98.6. The molecule has 0 saturated heterocycles. The van der Waals surface area contributed by atoms with Crippen LogP contribution in [0.2, 0.25) is 0 Å². The van der Waals surface area contributed by atoms with Crippen molar-refractivity contribution < 1.29 is 87.1 Å². The number of fused-ring (bicyclic) bond motifs is 8. The summed E-state index contributed by atoms with van der Waals surface area (Å²) in [5.41, 5.74) is 56.8. The summed E-state index contributed by atoms with van der Waals surface area (Å²) in [7, 11) is 0. The lowest BCUT2D eigenvalue weighted by Crippen LogP contribution is -3.00. The summed E-state index contributed by atoms with van der Waals surface area (Å²) in [6, 6.07) is 75.5. The first-order valence-electron chi connectivity index (χ1n) is 52.1. The molecule has 0 atom stereocenters. The molecule has 0 aliphatic heterocycles. The lowest BCUT2D eigenvalue weighted by Gasteiger charge is -2.68. The Morgan fingerprint density at radius 3 is 0.671 bits per heavy atom. The van der Waals surface area contributed by atoms with Gasteiger partial charge in [0, 0.05) is 211 Å². The maximum absolute atomic E-state index is 16.1. The lowest BCUT2D eigenvalue weighted by molar-refractivity contribution is -0.538. The molecule has 13 N–H and O–H groups in total. The standard InChI is InChI=1S/C121H135N17O4.4ClH/c1-78-56-98-106(64-90(78)122)135(86-40-24-20-25-41-86)110-68-94(82(5)60-102(110)131-98)126-51-35-15-9-12-32-48-114(139)118-72-119(115(140)49-33-13-10-16-36-52-127-95-69-111-103(61-83(95)6)132-99-57-79(2)91(123)65-107(99)136(111)87-42-26-21-27-43-87)74-120(73-118,116(141)50-34-14-11-17-37-53-128-96-70-112-104(62-84(96)7)133-100-58-80(3)92(124)66-108(100)137(112)88-44-28-22-29-45-88)77-121(75-118,76-119)117(142)130-55-39-19-18-38-54-129-97-71-113-105(63-85(97)8)134-101-59-81(4)93(125)67-109(101)138(113)89-46-30-23-31-47-89;;;;/h20-31,40-47,56-71H,9-19,32-39,48-55,72-77H2,1-8H3,(H9,122,123,124,125,126,127,128,129,130,142);4*1H. The van der Waals surface area contributed by atoms with Gasteiger partial charge in [0.2, 0.25) is 72.8 Å². The molecule has 760 valence electrons. The van der Waals surface area contributed by atoms with Crippen LogP contribution in [0.25, 0.3) is 111 Å². The van der Waals surface area contributed by atoms with Gasteiger partial charge in [0.05, 0.1) is 5.41 Å². The molecular weight excluding hydrogens is 1900 g/mol. The minimum Gasteiger partial charge on any atom is -1.00 e. The highest BCUT2D eigenvalue weighted by Gasteiger charge is 2.74. The smallest absolute Gasteiger partial charge is 0.239 e. The van der Waals surface area contributed by atoms with E-state index in [0.717, 1.165) is 330 Å². The lowest BCUT2D eigenvalue weighted by atomic mass is 9.33. The number of anilines is 8. The first kappa shape index (κ1) is 107. The minimum atomic E-state index is -1.07. The van der Waals surface area contributed by atoms with Crippen LogP contribution in [0.3, 0.4) is 0 Å². The quantitative estimate of drug-likeness (QED) is 0.00743. The number of aromatic nitrogens is 8. The second-order valence-corrected chi connectivity index (χ2v) is 41.9. The van der Waals surface area contributed by atoms with Crippen molar-refractivity contribution in [1.29, 1.82) is 0 Å². The van der Waals surface area contributed by atoms with Gasteiger partial charge in [0.15, 0.2) is 0 Å². The van der Waals surface area contributed by atoms with Crippen molar-refractivity contribution in [3.05, 3.63) is 263 Å². The number of halogens is 4. The Hall–Kier alpha value is -12.9. The zero-order valence-corrected chi connectivity index (χ0v) is 88.7. The molecule has 4 bridgehead atoms. The molecule has 0 unspecified atom stereocenters. The van der Waals surface area contributed by atoms with Crippen LogP contribution < -0.4 is 117 Å². The SMILES string of the molecule is Cc1cc2nc3cc(C)c(NCCCCCCCC(=O)C45CC6(C(=O)CCCCCCCNc7cc8c(cc7C)nc7cc(C)c(N)cc7[n+]8-c7ccccc7)CC(C(=O)CCCCCCCNc7cc8c(cc7C)nc7cc(C)c(N)cc7[n+]8-c7ccccc7)(C4)CC(C(=O)NCCCCCCNc4cc7c(cc4C)nc4cc(C)c(N)cc4[n+]7-c4ccccc4)(C5)C6)cc3[n+](-c3ccccc3)c2cc1N.[Cl-].[Cl-].[Cl-].[Cl-]. The molecule has 146 heavy (non-hydrogen) atoms. The first-order chi connectivity index (χ1) is 68.8. The Bertz CT molecular complexity index is 6630. The molecule has 4 fully saturated rings. The maximum atomic E-state index is 16.1. The average molecular weight is 2040 g/mol. The van der Waals surface area contributed by atoms with Crippen molar-refractivity contribution in [2.45, 2.75) is 235 Å². The summed E-state index contributed by atoms with van der Waals surface area (Å²) in [4.78, 5) is 84.9. The number of nitrogens with one attached hydrogen (secondary N) is 5. The van der Waals surface area contributed by atoms with Crippen LogP contribution in [0.15, 0.2) is 218 Å². The Balaban J connectivity index is 0.00000400. The number of hydrogen-bond donors (Lipinski definition) is 9. The van der Waals surface area contributed by atoms with E-state index in [9.17, 15) is 0 Å². The highest BCUT2D eigenvalue weighted by molar-refractivity contribution is 5.99. The molecule has 16 aromatic rings. The summed E-state index contributed by atoms with van der Waals surface area (Å²) >= 11 is 0. The van der Waals surface area contributed by atoms with Gasteiger partial charge in [-0.1, -0.05) is 143 Å². The van der Waals surface area contributed by atoms with Gasteiger partial charge >= 0.3 is 0 Å². The molecule has 0 radical (unpaired) electrons. The van der Waals surface area contributed by atoms with Crippen molar-refractivity contribution in [2.75, 3.05) is 76.9 Å². The van der Waals surface area contributed by atoms with E-state index in [-0.39, 0.29) is 72.9 Å². The van der Waals surface area contributed by atoms with Gasteiger partial charge in [0.25, 0.3) is 0 Å². The number of carbonyl (C=O) groups excluding carboxylic acids is 4. The number of para-hydroxylation sites is 4. The van der Waals surface area contributed by atoms with Crippen molar-refractivity contribution in [3.8, 4) is 22.7 Å². The van der Waals surface area contributed by atoms with Crippen LogP contribution in [0.5, 0.6) is 0 Å². The summed E-state index contributed by atoms with van der Waals surface area (Å²) in [5.74, 6) is 0.312. The first-order valence-corrected chi connectivity index (χ1v) is 52.1. The molecule has 4 aliphatic rings. The fourth-order valence-electron chi connectivity index (χ4n) is 24.2. The van der Waals surface area contributed by atoms with Crippen LogP contribution in [-0.2, 0) is 19.2 Å². The van der Waals surface area contributed by atoms with Gasteiger partial charge in [-0.3, -0.25) is 19.2 Å². The predicted octanol–water partition coefficient (Wildman–Crippen LogP) is 11.9. The molecule has 4 aliphatic carbocycles. The number of Topliss-reactive ketones (excluding diaryl/α,β-unsaturated/α-hetero) is 3. The third-order valence-corrected chi connectivity index (χ3v) is 31.4. The largest absolute Gasteiger partial charge is 1.00 e.